The van der Waals surface area contributed by atoms with Gasteiger partial charge in [-0.3, -0.25) is 4.79 Å². The molecule has 0 aromatic heterocycles. The van der Waals surface area contributed by atoms with Crippen molar-refractivity contribution in [3.8, 4) is 5.75 Å². The number of carbonyl (C=O) groups is 1. The van der Waals surface area contributed by atoms with Gasteiger partial charge in [0.2, 0.25) is 0 Å². The van der Waals surface area contributed by atoms with Crippen molar-refractivity contribution in [1.29, 1.82) is 0 Å². The normalized spacial score (nSPS) is 20.2. The first-order valence-electron chi connectivity index (χ1n) is 10.2. The predicted octanol–water partition coefficient (Wildman–Crippen LogP) is 3.34. The first kappa shape index (κ1) is 21.8. The van der Waals surface area contributed by atoms with Crippen LogP contribution in [0.3, 0.4) is 0 Å². The highest BCUT2D eigenvalue weighted by molar-refractivity contribution is 8.08. The molecule has 4 rings (SSSR count). The number of amides is 1. The third-order valence-electron chi connectivity index (χ3n) is 5.43. The zero-order valence-corrected chi connectivity index (χ0v) is 19.0. The van der Waals surface area contributed by atoms with Crippen molar-refractivity contribution >= 4 is 32.4 Å². The molecule has 0 unspecified atom stereocenters. The lowest BCUT2D eigenvalue weighted by atomic mass is 10.1. The summed E-state index contributed by atoms with van der Waals surface area (Å²) < 4.78 is 35.4. The Bertz CT molecular complexity index is 1060. The molecule has 0 bridgehead atoms. The lowest BCUT2D eigenvalue weighted by Crippen LogP contribution is -2.42. The van der Waals surface area contributed by atoms with Crippen LogP contribution in [0.1, 0.15) is 17.5 Å². The van der Waals surface area contributed by atoms with Crippen LogP contribution in [0.5, 0.6) is 5.75 Å². The van der Waals surface area contributed by atoms with Crippen molar-refractivity contribution < 1.29 is 22.7 Å². The van der Waals surface area contributed by atoms with E-state index in [0.717, 1.165) is 27.5 Å². The van der Waals surface area contributed by atoms with Crippen molar-refractivity contribution in [3.63, 3.8) is 0 Å². The summed E-state index contributed by atoms with van der Waals surface area (Å²) in [6, 6.07) is 16.8. The van der Waals surface area contributed by atoms with Crippen LogP contribution in [0.2, 0.25) is 0 Å². The number of thioether (sulfide) groups is 1. The van der Waals surface area contributed by atoms with Gasteiger partial charge in [-0.05, 0) is 29.7 Å². The quantitative estimate of drug-likeness (QED) is 0.660. The number of ether oxygens (including phenoxy) is 2. The van der Waals surface area contributed by atoms with E-state index >= 15 is 0 Å². The highest BCUT2D eigenvalue weighted by Gasteiger charge is 2.37. The van der Waals surface area contributed by atoms with Gasteiger partial charge in [-0.2, -0.15) is 0 Å². The molecular formula is C23H25NO5S2. The van der Waals surface area contributed by atoms with Crippen molar-refractivity contribution in [3.05, 3.63) is 71.5 Å². The van der Waals surface area contributed by atoms with Crippen LogP contribution in [-0.4, -0.2) is 56.2 Å². The van der Waals surface area contributed by atoms with Gasteiger partial charge in [0.05, 0.1) is 30.1 Å². The van der Waals surface area contributed by atoms with Crippen LogP contribution in [0, 0.1) is 0 Å². The second-order valence-electron chi connectivity index (χ2n) is 7.56. The number of hydrogen-bond donors (Lipinski definition) is 0. The summed E-state index contributed by atoms with van der Waals surface area (Å²) in [5, 5.41) is 0. The Balaban J connectivity index is 1.69. The first-order valence-corrected chi connectivity index (χ1v) is 13.0. The van der Waals surface area contributed by atoms with E-state index in [1.807, 2.05) is 54.6 Å². The highest BCUT2D eigenvalue weighted by atomic mass is 32.2. The molecule has 0 spiro atoms. The Kier molecular flexibility index (Phi) is 6.57. The summed E-state index contributed by atoms with van der Waals surface area (Å²) in [7, 11) is -1.55. The van der Waals surface area contributed by atoms with E-state index in [4.69, 9.17) is 9.47 Å². The standard InChI is InChI=1S/C23H25NO5S2/c1-28-20-9-7-17(8-10-20)15-24(19-11-14-31(26,27)16-19)23(25)21-22(30-13-12-29-21)18-5-3-2-4-6-18/h2-10,19H,11-16H2,1H3/t19-/m0/s1. The van der Waals surface area contributed by atoms with Crippen LogP contribution in [0.15, 0.2) is 60.4 Å². The largest absolute Gasteiger partial charge is 0.497 e. The summed E-state index contributed by atoms with van der Waals surface area (Å²) in [4.78, 5) is 16.2. The Morgan fingerprint density at radius 2 is 1.90 bits per heavy atom. The fourth-order valence-corrected chi connectivity index (χ4v) is 6.51. The predicted molar refractivity (Wildman–Crippen MR) is 122 cm³/mol. The average molecular weight is 460 g/mol. The second-order valence-corrected chi connectivity index (χ2v) is 10.9. The maximum absolute atomic E-state index is 13.7. The molecule has 0 N–H and O–H groups in total. The molecule has 2 heterocycles. The van der Waals surface area contributed by atoms with Crippen molar-refractivity contribution in [2.45, 2.75) is 19.0 Å². The molecule has 1 saturated heterocycles. The van der Waals surface area contributed by atoms with Gasteiger partial charge >= 0.3 is 0 Å². The molecule has 0 radical (unpaired) electrons. The number of rotatable bonds is 6. The van der Waals surface area contributed by atoms with Gasteiger partial charge in [-0.15, -0.1) is 11.8 Å². The van der Waals surface area contributed by atoms with E-state index in [2.05, 4.69) is 0 Å². The van der Waals surface area contributed by atoms with Crippen LogP contribution in [0.25, 0.3) is 4.91 Å². The molecule has 2 aliphatic rings. The van der Waals surface area contributed by atoms with E-state index in [9.17, 15) is 13.2 Å². The molecule has 2 aliphatic heterocycles. The molecule has 0 saturated carbocycles. The Labute approximate surface area is 187 Å². The van der Waals surface area contributed by atoms with E-state index in [0.29, 0.717) is 25.3 Å². The molecular weight excluding hydrogens is 434 g/mol. The smallest absolute Gasteiger partial charge is 0.290 e. The number of carbonyl (C=O) groups excluding carboxylic acids is 1. The van der Waals surface area contributed by atoms with Crippen molar-refractivity contribution in [2.75, 3.05) is 31.0 Å². The van der Waals surface area contributed by atoms with Crippen LogP contribution >= 0.6 is 11.8 Å². The zero-order valence-electron chi connectivity index (χ0n) is 17.3. The van der Waals surface area contributed by atoms with Gasteiger partial charge in [-0.25, -0.2) is 8.42 Å². The molecule has 1 atom stereocenters. The maximum Gasteiger partial charge on any atom is 0.290 e. The minimum Gasteiger partial charge on any atom is -0.497 e. The number of hydrogen-bond acceptors (Lipinski definition) is 6. The monoisotopic (exact) mass is 459 g/mol. The van der Waals surface area contributed by atoms with Crippen LogP contribution in [-0.2, 0) is 25.9 Å². The van der Waals surface area contributed by atoms with Crippen molar-refractivity contribution in [2.24, 2.45) is 0 Å². The summed E-state index contributed by atoms with van der Waals surface area (Å²) in [5.41, 5.74) is 1.84. The number of sulfone groups is 1. The van der Waals surface area contributed by atoms with Gasteiger partial charge in [-0.1, -0.05) is 42.5 Å². The summed E-state index contributed by atoms with van der Waals surface area (Å²) >= 11 is 1.60. The summed E-state index contributed by atoms with van der Waals surface area (Å²) in [5.74, 6) is 1.62. The van der Waals surface area contributed by atoms with E-state index in [-0.39, 0.29) is 23.5 Å². The first-order chi connectivity index (χ1) is 15.0. The topological polar surface area (TPSA) is 72.9 Å². The number of benzene rings is 2. The molecule has 2 aromatic carbocycles. The summed E-state index contributed by atoms with van der Waals surface area (Å²) in [6.45, 7) is 0.754. The van der Waals surface area contributed by atoms with Gasteiger partial charge in [0.25, 0.3) is 5.91 Å². The molecule has 8 heteroatoms. The third kappa shape index (κ3) is 5.07. The van der Waals surface area contributed by atoms with E-state index in [1.54, 1.807) is 23.8 Å². The zero-order chi connectivity index (χ0) is 21.8. The molecule has 6 nitrogen and oxygen atoms in total. The lowest BCUT2D eigenvalue weighted by molar-refractivity contribution is -0.133. The lowest BCUT2D eigenvalue weighted by Gasteiger charge is -2.31. The number of methoxy groups -OCH3 is 1. The van der Waals surface area contributed by atoms with E-state index < -0.39 is 9.84 Å². The molecule has 1 fully saturated rings. The van der Waals surface area contributed by atoms with Gasteiger partial charge < -0.3 is 14.4 Å². The SMILES string of the molecule is COc1ccc(CN(C(=O)C2=C(c3ccccc3)SCCO2)[C@H]2CCS(=O)(=O)C2)cc1. The second kappa shape index (κ2) is 9.36. The fourth-order valence-electron chi connectivity index (χ4n) is 3.83. The average Bonchev–Trinajstić information content (AvgIpc) is 3.17. The Morgan fingerprint density at radius 1 is 1.16 bits per heavy atom. The minimum atomic E-state index is -3.15. The minimum absolute atomic E-state index is 0.0179. The highest BCUT2D eigenvalue weighted by Crippen LogP contribution is 2.36. The number of nitrogens with zero attached hydrogens (tertiary/aromatic N) is 1. The van der Waals surface area contributed by atoms with Crippen molar-refractivity contribution in [1.82, 2.24) is 4.90 Å². The molecule has 31 heavy (non-hydrogen) atoms. The van der Waals surface area contributed by atoms with Gasteiger partial charge in [0.1, 0.15) is 5.75 Å². The maximum atomic E-state index is 13.7. The third-order valence-corrected chi connectivity index (χ3v) is 8.27. The molecule has 2 aromatic rings. The van der Waals surface area contributed by atoms with Gasteiger partial charge in [0, 0.05) is 18.3 Å². The van der Waals surface area contributed by atoms with Crippen LogP contribution in [0.4, 0.5) is 0 Å². The van der Waals surface area contributed by atoms with Crippen LogP contribution < -0.4 is 4.74 Å². The van der Waals surface area contributed by atoms with Gasteiger partial charge in [0.15, 0.2) is 15.6 Å². The molecule has 0 aliphatic carbocycles. The Morgan fingerprint density at radius 3 is 2.55 bits per heavy atom. The Hall–Kier alpha value is -2.45. The summed E-state index contributed by atoms with van der Waals surface area (Å²) in [6.07, 6.45) is 0.436. The fraction of sp³-hybridized carbons (Fsp3) is 0.348. The molecule has 164 valence electrons. The van der Waals surface area contributed by atoms with E-state index in [1.165, 1.54) is 0 Å². The molecule has 1 amide bonds.